The van der Waals surface area contributed by atoms with Crippen LogP contribution in [0.4, 0.5) is 16.2 Å². The second kappa shape index (κ2) is 14.9. The smallest absolute Gasteiger partial charge is 0.322 e. The Morgan fingerprint density at radius 1 is 1.00 bits per heavy atom. The summed E-state index contributed by atoms with van der Waals surface area (Å²) >= 11 is 8.03. The molecule has 2 aromatic rings. The number of fused-ring (bicyclic) bond motifs is 1. The number of piperazine rings is 1. The second-order valence-corrected chi connectivity index (χ2v) is 14.6. The van der Waals surface area contributed by atoms with Crippen LogP contribution >= 0.6 is 22.9 Å². The molecule has 0 saturated carbocycles. The van der Waals surface area contributed by atoms with Crippen molar-refractivity contribution in [3.05, 3.63) is 44.6 Å². The highest BCUT2D eigenvalue weighted by Gasteiger charge is 2.35. The number of nitrogens with one attached hydrogen (secondary N) is 1. The van der Waals surface area contributed by atoms with Crippen molar-refractivity contribution >= 4 is 52.2 Å². The number of rotatable bonds is 7. The molecule has 0 unspecified atom stereocenters. The molecule has 6 rings (SSSR count). The van der Waals surface area contributed by atoms with Gasteiger partial charge in [0.05, 0.1) is 22.3 Å². The third kappa shape index (κ3) is 7.72. The fourth-order valence-corrected chi connectivity index (χ4v) is 8.71. The number of benzene rings is 1. The van der Waals surface area contributed by atoms with E-state index in [0.29, 0.717) is 74.3 Å². The number of carbonyl (C=O) groups excluding carboxylic acids is 3. The van der Waals surface area contributed by atoms with Gasteiger partial charge in [0.25, 0.3) is 0 Å². The van der Waals surface area contributed by atoms with Crippen molar-refractivity contribution in [1.29, 1.82) is 0 Å². The number of nitrogens with zero attached hydrogens (tertiary/aromatic N) is 5. The van der Waals surface area contributed by atoms with Crippen molar-refractivity contribution < 1.29 is 14.4 Å². The van der Waals surface area contributed by atoms with E-state index >= 15 is 0 Å². The number of urea groups is 1. The van der Waals surface area contributed by atoms with Gasteiger partial charge in [-0.1, -0.05) is 17.5 Å². The molecule has 0 aliphatic carbocycles. The van der Waals surface area contributed by atoms with Gasteiger partial charge >= 0.3 is 6.03 Å². The number of piperidine rings is 2. The van der Waals surface area contributed by atoms with Crippen LogP contribution in [0.1, 0.15) is 48.8 Å². The maximum Gasteiger partial charge on any atom is 0.322 e. The molecular formula is C35H46ClN7O3S. The lowest BCUT2D eigenvalue weighted by atomic mass is 9.92. The predicted octanol–water partition coefficient (Wildman–Crippen LogP) is 3.83. The second-order valence-electron chi connectivity index (χ2n) is 13.5. The summed E-state index contributed by atoms with van der Waals surface area (Å²) in [7, 11) is 2.17. The third-order valence-corrected chi connectivity index (χ3v) is 11.7. The zero-order valence-electron chi connectivity index (χ0n) is 27.3. The van der Waals surface area contributed by atoms with Crippen LogP contribution in [0.25, 0.3) is 0 Å². The molecule has 10 nitrogen and oxygen atoms in total. The number of terminal acetylenes is 1. The Kier molecular flexibility index (Phi) is 10.6. The molecule has 0 spiro atoms. The first-order chi connectivity index (χ1) is 22.7. The molecule has 1 aromatic heterocycles. The first-order valence-corrected chi connectivity index (χ1v) is 18.2. The number of thiophene rings is 1. The number of amides is 4. The maximum absolute atomic E-state index is 14.1. The molecule has 4 aliphatic heterocycles. The maximum atomic E-state index is 14.1. The van der Waals surface area contributed by atoms with Gasteiger partial charge in [-0.05, 0) is 87.3 Å². The van der Waals surface area contributed by atoms with Gasteiger partial charge in [-0.3, -0.25) is 14.5 Å². The Morgan fingerprint density at radius 2 is 1.70 bits per heavy atom. The van der Waals surface area contributed by atoms with E-state index < -0.39 is 5.92 Å². The fourth-order valence-electron chi connectivity index (χ4n) is 7.64. The van der Waals surface area contributed by atoms with Crippen LogP contribution in [-0.2, 0) is 22.4 Å². The lowest BCUT2D eigenvalue weighted by Gasteiger charge is -2.43. The van der Waals surface area contributed by atoms with Crippen LogP contribution in [0.5, 0.6) is 0 Å². The number of nitrogen functional groups attached to an aromatic ring is 1. The lowest BCUT2D eigenvalue weighted by Crippen LogP contribution is -2.55. The minimum absolute atomic E-state index is 0.0000256. The molecule has 252 valence electrons. The number of likely N-dealkylation sites (tertiary alicyclic amines) is 2. The van der Waals surface area contributed by atoms with Crippen LogP contribution < -0.4 is 11.1 Å². The molecule has 3 N–H and O–H groups in total. The summed E-state index contributed by atoms with van der Waals surface area (Å²) in [5.74, 6) is 2.01. The molecule has 4 aliphatic rings. The number of nitrogens with two attached hydrogens (primary N) is 1. The van der Waals surface area contributed by atoms with Crippen molar-refractivity contribution in [2.24, 2.45) is 5.92 Å². The van der Waals surface area contributed by atoms with Gasteiger partial charge in [0.1, 0.15) is 0 Å². The number of halogens is 1. The van der Waals surface area contributed by atoms with Gasteiger partial charge < -0.3 is 30.7 Å². The standard InChI is InChI=1S/C35H46ClN7O3S/c1-3-25-18-24(20-30(36)33(25)37)19-27(34(45)42-16-14-40(15-17-42)28-5-9-39(2)10-6-28)21-32(44)41-11-7-29(8-12-41)43-13-4-26-22-47-23-31(26)38-35(43)46/h1,18,20,22-23,27-29H,4-17,19,21,37H2,2H3,(H,38,46)/t27-/m0/s1. The van der Waals surface area contributed by atoms with E-state index in [0.717, 1.165) is 56.7 Å². The van der Waals surface area contributed by atoms with E-state index in [4.69, 9.17) is 23.8 Å². The molecule has 0 radical (unpaired) electrons. The Balaban J connectivity index is 1.09. The highest BCUT2D eigenvalue weighted by atomic mass is 35.5. The number of hydrogen-bond donors (Lipinski definition) is 2. The van der Waals surface area contributed by atoms with Crippen LogP contribution in [0.3, 0.4) is 0 Å². The van der Waals surface area contributed by atoms with Crippen molar-refractivity contribution in [3.8, 4) is 12.3 Å². The topological polar surface area (TPSA) is 105 Å². The average molecular weight is 680 g/mol. The fraction of sp³-hybridized carbons (Fsp3) is 0.571. The van der Waals surface area contributed by atoms with Crippen LogP contribution in [-0.4, -0.2) is 120 Å². The Bertz CT molecular complexity index is 1500. The van der Waals surface area contributed by atoms with E-state index in [9.17, 15) is 14.4 Å². The summed E-state index contributed by atoms with van der Waals surface area (Å²) < 4.78 is 0. The quantitative estimate of drug-likeness (QED) is 0.341. The highest BCUT2D eigenvalue weighted by molar-refractivity contribution is 7.08. The van der Waals surface area contributed by atoms with Crippen molar-refractivity contribution in [2.75, 3.05) is 77.0 Å². The molecule has 3 fully saturated rings. The Labute approximate surface area is 287 Å². The van der Waals surface area contributed by atoms with Gasteiger partial charge in [0.2, 0.25) is 11.8 Å². The van der Waals surface area contributed by atoms with Crippen LogP contribution in [0.15, 0.2) is 22.9 Å². The molecule has 4 amide bonds. The normalized spacial score (nSPS) is 21.1. The van der Waals surface area contributed by atoms with Crippen LogP contribution in [0, 0.1) is 18.3 Å². The summed E-state index contributed by atoms with van der Waals surface area (Å²) in [5.41, 5.74) is 9.80. The predicted molar refractivity (Wildman–Crippen MR) is 188 cm³/mol. The van der Waals surface area contributed by atoms with Gasteiger partial charge in [0.15, 0.2) is 0 Å². The Hall–Kier alpha value is -3.30. The van der Waals surface area contributed by atoms with Gasteiger partial charge in [-0.2, -0.15) is 0 Å². The minimum Gasteiger partial charge on any atom is -0.397 e. The first kappa shape index (κ1) is 33.6. The third-order valence-electron chi connectivity index (χ3n) is 10.6. The zero-order valence-corrected chi connectivity index (χ0v) is 28.8. The molecule has 0 bridgehead atoms. The molecule has 12 heteroatoms. The SMILES string of the molecule is C#Cc1cc(C[C@@H](CC(=O)N2CCC(N3CCc4cscc4NC3=O)CC2)C(=O)N2CCN(C3CCN(C)CC3)CC2)cc(Cl)c1N. The van der Waals surface area contributed by atoms with E-state index in [2.05, 4.69) is 33.5 Å². The van der Waals surface area contributed by atoms with E-state index in [1.165, 1.54) is 5.56 Å². The number of anilines is 2. The van der Waals surface area contributed by atoms with Gasteiger partial charge in [-0.25, -0.2) is 4.79 Å². The largest absolute Gasteiger partial charge is 0.397 e. The highest BCUT2D eigenvalue weighted by Crippen LogP contribution is 2.30. The minimum atomic E-state index is -0.546. The Morgan fingerprint density at radius 3 is 2.40 bits per heavy atom. The average Bonchev–Trinajstić information content (AvgIpc) is 3.46. The summed E-state index contributed by atoms with van der Waals surface area (Å²) in [6.07, 6.45) is 10.7. The molecule has 47 heavy (non-hydrogen) atoms. The van der Waals surface area contributed by atoms with Crippen molar-refractivity contribution in [1.82, 2.24) is 24.5 Å². The van der Waals surface area contributed by atoms with Crippen molar-refractivity contribution in [3.63, 3.8) is 0 Å². The van der Waals surface area contributed by atoms with E-state index in [1.807, 2.05) is 20.1 Å². The summed E-state index contributed by atoms with van der Waals surface area (Å²) in [4.78, 5) is 51.6. The molecular weight excluding hydrogens is 634 g/mol. The summed E-state index contributed by atoms with van der Waals surface area (Å²) in [6.45, 7) is 7.00. The number of carbonyl (C=O) groups is 3. The summed E-state index contributed by atoms with van der Waals surface area (Å²) in [6, 6.07) is 4.14. The molecule has 1 atom stereocenters. The van der Waals surface area contributed by atoms with E-state index in [-0.39, 0.29) is 30.3 Å². The van der Waals surface area contributed by atoms with Crippen molar-refractivity contribution in [2.45, 2.75) is 57.0 Å². The van der Waals surface area contributed by atoms with Gasteiger partial charge in [0, 0.05) is 75.3 Å². The van der Waals surface area contributed by atoms with E-state index in [1.54, 1.807) is 23.5 Å². The monoisotopic (exact) mass is 679 g/mol. The molecule has 5 heterocycles. The van der Waals surface area contributed by atoms with Crippen LogP contribution in [0.2, 0.25) is 5.02 Å². The molecule has 1 aromatic carbocycles. The number of hydrogen-bond acceptors (Lipinski definition) is 7. The molecule has 3 saturated heterocycles. The zero-order chi connectivity index (χ0) is 33.1. The first-order valence-electron chi connectivity index (χ1n) is 16.9. The van der Waals surface area contributed by atoms with Gasteiger partial charge in [-0.15, -0.1) is 17.8 Å². The lowest BCUT2D eigenvalue weighted by molar-refractivity contribution is -0.143. The summed E-state index contributed by atoms with van der Waals surface area (Å²) in [5, 5.41) is 7.49.